The van der Waals surface area contributed by atoms with Gasteiger partial charge in [-0.2, -0.15) is 9.78 Å². The molecular weight excluding hydrogens is 515 g/mol. The maximum Gasteiger partial charge on any atom is 0.412 e. The number of carbonyl (C=O) groups is 2. The molecule has 2 aliphatic rings. The molecule has 1 spiro atoms. The molecule has 2 aromatic carbocycles. The lowest BCUT2D eigenvalue weighted by atomic mass is 9.83. The number of amides is 2. The van der Waals surface area contributed by atoms with Crippen LogP contribution in [0.1, 0.15) is 28.8 Å². The summed E-state index contributed by atoms with van der Waals surface area (Å²) in [6.07, 6.45) is 1.42. The minimum absolute atomic E-state index is 0.0710. The Morgan fingerprint density at radius 2 is 2.00 bits per heavy atom. The second-order valence-electron chi connectivity index (χ2n) is 9.23. The Morgan fingerprint density at radius 1 is 1.21 bits per heavy atom. The fourth-order valence-corrected chi connectivity index (χ4v) is 5.30. The van der Waals surface area contributed by atoms with Crippen LogP contribution in [0.5, 0.6) is 0 Å². The lowest BCUT2D eigenvalue weighted by Crippen LogP contribution is -2.53. The molecule has 3 N–H and O–H groups in total. The number of hydrogen-bond acceptors (Lipinski definition) is 7. The number of fused-ring (bicyclic) bond motifs is 2. The van der Waals surface area contributed by atoms with Crippen LogP contribution in [0.3, 0.4) is 0 Å². The van der Waals surface area contributed by atoms with Crippen molar-refractivity contribution in [3.05, 3.63) is 70.6 Å². The van der Waals surface area contributed by atoms with Crippen molar-refractivity contribution in [1.82, 2.24) is 29.4 Å². The van der Waals surface area contributed by atoms with Gasteiger partial charge in [0, 0.05) is 19.2 Å². The average Bonchev–Trinajstić information content (AvgIpc) is 3.47. The van der Waals surface area contributed by atoms with Gasteiger partial charge in [-0.05, 0) is 25.0 Å². The number of hydrogen-bond donors (Lipinski definition) is 2. The molecule has 4 aromatic rings. The Morgan fingerprint density at radius 3 is 2.79 bits per heavy atom. The molecule has 0 bridgehead atoms. The summed E-state index contributed by atoms with van der Waals surface area (Å²) in [5, 5.41) is 15.2. The van der Waals surface area contributed by atoms with Crippen molar-refractivity contribution in [2.45, 2.75) is 18.4 Å². The predicted octanol–water partition coefficient (Wildman–Crippen LogP) is 3.74. The van der Waals surface area contributed by atoms with Crippen molar-refractivity contribution in [1.29, 1.82) is 0 Å². The molecule has 0 aliphatic carbocycles. The van der Waals surface area contributed by atoms with Gasteiger partial charge in [-0.1, -0.05) is 41.9 Å². The maximum atomic E-state index is 15.2. The monoisotopic (exact) mass is 536 g/mol. The van der Waals surface area contributed by atoms with Crippen molar-refractivity contribution < 1.29 is 18.7 Å². The maximum absolute atomic E-state index is 15.2. The third kappa shape index (κ3) is 3.67. The zero-order valence-corrected chi connectivity index (χ0v) is 20.9. The van der Waals surface area contributed by atoms with E-state index in [-0.39, 0.29) is 34.2 Å². The van der Waals surface area contributed by atoms with Crippen LogP contribution in [0.2, 0.25) is 5.02 Å². The molecule has 0 unspecified atom stereocenters. The van der Waals surface area contributed by atoms with Gasteiger partial charge in [-0.15, -0.1) is 10.2 Å². The number of anilines is 2. The van der Waals surface area contributed by atoms with Gasteiger partial charge in [0.2, 0.25) is 0 Å². The number of likely N-dealkylation sites (tertiary alicyclic amines) is 1. The molecule has 11 nitrogen and oxygen atoms in total. The summed E-state index contributed by atoms with van der Waals surface area (Å²) in [6, 6.07) is 12.4. The molecular formula is C25H22ClFN8O3. The fraction of sp³-hybridized carbons (Fsp3) is 0.240. The summed E-state index contributed by atoms with van der Waals surface area (Å²) in [5.74, 6) is -0.123. The van der Waals surface area contributed by atoms with Crippen LogP contribution >= 0.6 is 11.6 Å². The van der Waals surface area contributed by atoms with Crippen LogP contribution in [0.25, 0.3) is 17.3 Å². The zero-order valence-electron chi connectivity index (χ0n) is 20.2. The number of nitrogens with two attached hydrogens (primary N) is 1. The molecule has 2 aliphatic heterocycles. The van der Waals surface area contributed by atoms with Gasteiger partial charge in [0.1, 0.15) is 11.4 Å². The highest BCUT2D eigenvalue weighted by Gasteiger charge is 2.49. The summed E-state index contributed by atoms with van der Waals surface area (Å²) in [7, 11) is 1.78. The molecule has 38 heavy (non-hydrogen) atoms. The number of piperidine rings is 1. The topological polar surface area (TPSA) is 133 Å². The predicted molar refractivity (Wildman–Crippen MR) is 136 cm³/mol. The Hall–Kier alpha value is -4.45. The van der Waals surface area contributed by atoms with Crippen molar-refractivity contribution in [3.63, 3.8) is 0 Å². The van der Waals surface area contributed by atoms with E-state index >= 15 is 4.39 Å². The first kappa shape index (κ1) is 23.9. The molecule has 13 heteroatoms. The average molecular weight is 537 g/mol. The number of rotatable bonds is 3. The molecule has 1 saturated heterocycles. The van der Waals surface area contributed by atoms with E-state index in [4.69, 9.17) is 22.1 Å². The van der Waals surface area contributed by atoms with E-state index in [0.29, 0.717) is 31.2 Å². The number of nitrogen functional groups attached to an aromatic ring is 1. The number of carbonyl (C=O) groups excluding carboxylic acids is 2. The van der Waals surface area contributed by atoms with Crippen LogP contribution in [0.4, 0.5) is 20.7 Å². The molecule has 1 fully saturated rings. The normalized spacial score (nSPS) is 18.7. The molecule has 2 amide bonds. The van der Waals surface area contributed by atoms with Crippen LogP contribution in [0, 0.1) is 5.82 Å². The Bertz CT molecular complexity index is 1590. The molecule has 2 aromatic heterocycles. The molecule has 6 rings (SSSR count). The summed E-state index contributed by atoms with van der Waals surface area (Å²) < 4.78 is 23.9. The van der Waals surface area contributed by atoms with E-state index in [2.05, 4.69) is 20.6 Å². The van der Waals surface area contributed by atoms with E-state index in [1.807, 2.05) is 30.3 Å². The zero-order chi connectivity index (χ0) is 26.6. The first-order chi connectivity index (χ1) is 18.3. The van der Waals surface area contributed by atoms with Gasteiger partial charge in [-0.25, -0.2) is 9.18 Å². The third-order valence-electron chi connectivity index (χ3n) is 6.93. The first-order valence-corrected chi connectivity index (χ1v) is 12.2. The van der Waals surface area contributed by atoms with E-state index < -0.39 is 23.4 Å². The van der Waals surface area contributed by atoms with Gasteiger partial charge in [0.25, 0.3) is 11.9 Å². The first-order valence-electron chi connectivity index (χ1n) is 11.9. The van der Waals surface area contributed by atoms with E-state index in [1.165, 1.54) is 27.9 Å². The number of nitrogens with one attached hydrogen (secondary N) is 1. The minimum Gasteiger partial charge on any atom is -0.436 e. The standard InChI is InChI=1S/C25H22ClFN8O3/c1-33-21(14-6-3-2-4-7-14)31-32-23(33)35-20(28)15(12-29-35)22(36)34-11-5-10-25(13-34)18-17(30-24(37)38-25)9-8-16(26)19(18)27/h2-4,6-9,12H,5,10-11,13,28H2,1H3,(H,30,37)/t25-/m0/s1. The quantitative estimate of drug-likeness (QED) is 0.407. The summed E-state index contributed by atoms with van der Waals surface area (Å²) in [6.45, 7) is 0.284. The fourth-order valence-electron chi connectivity index (χ4n) is 5.14. The Labute approximate surface area is 220 Å². The molecule has 4 heterocycles. The van der Waals surface area contributed by atoms with E-state index in [0.717, 1.165) is 5.56 Å². The Kier molecular flexibility index (Phi) is 5.56. The second-order valence-corrected chi connectivity index (χ2v) is 9.63. The molecule has 0 radical (unpaired) electrons. The highest BCUT2D eigenvalue weighted by Crippen LogP contribution is 2.45. The number of ether oxygens (including phenoxy) is 1. The summed E-state index contributed by atoms with van der Waals surface area (Å²) >= 11 is 6.05. The van der Waals surface area contributed by atoms with Crippen LogP contribution in [-0.2, 0) is 17.4 Å². The number of nitrogens with zero attached hydrogens (tertiary/aromatic N) is 6. The summed E-state index contributed by atoms with van der Waals surface area (Å²) in [4.78, 5) is 27.5. The third-order valence-corrected chi connectivity index (χ3v) is 7.22. The van der Waals surface area contributed by atoms with Crippen LogP contribution < -0.4 is 11.1 Å². The van der Waals surface area contributed by atoms with Crippen molar-refractivity contribution in [2.24, 2.45) is 7.05 Å². The van der Waals surface area contributed by atoms with E-state index in [1.54, 1.807) is 11.6 Å². The second kappa shape index (κ2) is 8.84. The molecule has 194 valence electrons. The van der Waals surface area contributed by atoms with Gasteiger partial charge in [0.15, 0.2) is 17.2 Å². The van der Waals surface area contributed by atoms with Crippen molar-refractivity contribution >= 4 is 35.1 Å². The minimum atomic E-state index is -1.39. The Balaban J connectivity index is 1.32. The number of halogens is 2. The smallest absolute Gasteiger partial charge is 0.412 e. The van der Waals surface area contributed by atoms with E-state index in [9.17, 15) is 9.59 Å². The van der Waals surface area contributed by atoms with Crippen LogP contribution in [0.15, 0.2) is 48.7 Å². The summed E-state index contributed by atoms with van der Waals surface area (Å²) in [5.41, 5.74) is 6.37. The van der Waals surface area contributed by atoms with Crippen LogP contribution in [-0.4, -0.2) is 54.5 Å². The number of benzene rings is 2. The lowest BCUT2D eigenvalue weighted by Gasteiger charge is -2.45. The van der Waals surface area contributed by atoms with Gasteiger partial charge >= 0.3 is 6.09 Å². The number of aromatic nitrogens is 5. The molecule has 1 atom stereocenters. The highest BCUT2D eigenvalue weighted by atomic mass is 35.5. The largest absolute Gasteiger partial charge is 0.436 e. The highest BCUT2D eigenvalue weighted by molar-refractivity contribution is 6.31. The van der Waals surface area contributed by atoms with Crippen molar-refractivity contribution in [3.8, 4) is 17.3 Å². The lowest BCUT2D eigenvalue weighted by molar-refractivity contribution is -0.0418. The van der Waals surface area contributed by atoms with Crippen molar-refractivity contribution in [2.75, 3.05) is 24.1 Å². The SMILES string of the molecule is Cn1c(-c2ccccc2)nnc1-n1ncc(C(=O)N2CCC[C@@]3(C2)OC(=O)Nc2ccc(Cl)c(F)c23)c1N. The van der Waals surface area contributed by atoms with Gasteiger partial charge in [-0.3, -0.25) is 14.7 Å². The molecule has 0 saturated carbocycles. The van der Waals surface area contributed by atoms with Gasteiger partial charge < -0.3 is 15.4 Å². The van der Waals surface area contributed by atoms with Gasteiger partial charge in [0.05, 0.1) is 29.0 Å².